The fourth-order valence-electron chi connectivity index (χ4n) is 2.47. The predicted molar refractivity (Wildman–Crippen MR) is 101 cm³/mol. The molecule has 4 nitrogen and oxygen atoms in total. The van der Waals surface area contributed by atoms with Crippen molar-refractivity contribution in [2.75, 3.05) is 18.5 Å². The zero-order chi connectivity index (χ0) is 18.1. The van der Waals surface area contributed by atoms with Crippen molar-refractivity contribution in [3.05, 3.63) is 59.2 Å². The van der Waals surface area contributed by atoms with Crippen molar-refractivity contribution >= 4 is 11.6 Å². The summed E-state index contributed by atoms with van der Waals surface area (Å²) in [5.41, 5.74) is 3.35. The Morgan fingerprint density at radius 2 is 1.92 bits per heavy atom. The van der Waals surface area contributed by atoms with E-state index < -0.39 is 0 Å². The molecule has 4 heteroatoms. The Morgan fingerprint density at radius 3 is 2.64 bits per heavy atom. The highest BCUT2D eigenvalue weighted by atomic mass is 16.5. The van der Waals surface area contributed by atoms with Gasteiger partial charge in [-0.05, 0) is 50.1 Å². The van der Waals surface area contributed by atoms with Crippen LogP contribution in [0.4, 0.5) is 5.69 Å². The number of carbonyl (C=O) groups is 1. The summed E-state index contributed by atoms with van der Waals surface area (Å²) in [6.45, 7) is 7.78. The Bertz CT molecular complexity index is 697. The lowest BCUT2D eigenvalue weighted by atomic mass is 10.1. The maximum absolute atomic E-state index is 12.6. The Labute approximate surface area is 150 Å². The van der Waals surface area contributed by atoms with Gasteiger partial charge in [0.2, 0.25) is 0 Å². The number of nitrogens with one attached hydrogen (secondary N) is 1. The van der Waals surface area contributed by atoms with Gasteiger partial charge in [-0.15, -0.1) is 0 Å². The molecule has 134 valence electrons. The lowest BCUT2D eigenvalue weighted by molar-refractivity contribution is 0.102. The number of hydrogen-bond acceptors (Lipinski definition) is 3. The van der Waals surface area contributed by atoms with Gasteiger partial charge in [0.1, 0.15) is 5.75 Å². The monoisotopic (exact) mass is 341 g/mol. The molecule has 0 bridgehead atoms. The Balaban J connectivity index is 2.14. The number of unbranched alkanes of at least 4 members (excludes halogenated alkanes) is 1. The minimum atomic E-state index is -0.132. The van der Waals surface area contributed by atoms with E-state index in [2.05, 4.69) is 12.2 Å². The second-order valence-electron chi connectivity index (χ2n) is 5.93. The molecule has 0 radical (unpaired) electrons. The third kappa shape index (κ3) is 5.61. The molecule has 2 aromatic carbocycles. The van der Waals surface area contributed by atoms with Crippen LogP contribution in [-0.4, -0.2) is 19.1 Å². The predicted octanol–water partition coefficient (Wildman–Crippen LogP) is 4.96. The molecule has 0 aliphatic carbocycles. The van der Waals surface area contributed by atoms with Crippen molar-refractivity contribution in [3.8, 4) is 5.75 Å². The highest BCUT2D eigenvalue weighted by Gasteiger charge is 2.12. The van der Waals surface area contributed by atoms with Crippen molar-refractivity contribution in [1.29, 1.82) is 0 Å². The van der Waals surface area contributed by atoms with Crippen molar-refractivity contribution in [2.45, 2.75) is 40.2 Å². The van der Waals surface area contributed by atoms with Crippen molar-refractivity contribution < 1.29 is 14.3 Å². The molecule has 2 aromatic rings. The SMILES string of the molecule is CCCCOCc1cc(C(=O)Nc2ccccc2C)ccc1OCC. The number of para-hydroxylation sites is 1. The maximum Gasteiger partial charge on any atom is 0.255 e. The molecule has 25 heavy (non-hydrogen) atoms. The molecule has 0 aliphatic rings. The molecule has 0 fully saturated rings. The second kappa shape index (κ2) is 9.84. The summed E-state index contributed by atoms with van der Waals surface area (Å²) >= 11 is 0. The number of rotatable bonds is 9. The van der Waals surface area contributed by atoms with E-state index in [0.717, 1.165) is 35.4 Å². The number of benzene rings is 2. The lowest BCUT2D eigenvalue weighted by Crippen LogP contribution is -2.13. The summed E-state index contributed by atoms with van der Waals surface area (Å²) in [6.07, 6.45) is 2.12. The van der Waals surface area contributed by atoms with E-state index in [9.17, 15) is 4.79 Å². The Hall–Kier alpha value is -2.33. The minimum Gasteiger partial charge on any atom is -0.494 e. The van der Waals surface area contributed by atoms with Crippen LogP contribution in [0, 0.1) is 6.92 Å². The summed E-state index contributed by atoms with van der Waals surface area (Å²) in [5.74, 6) is 0.638. The highest BCUT2D eigenvalue weighted by molar-refractivity contribution is 6.04. The quantitative estimate of drug-likeness (QED) is 0.656. The van der Waals surface area contributed by atoms with Gasteiger partial charge in [0, 0.05) is 23.4 Å². The zero-order valence-corrected chi connectivity index (χ0v) is 15.3. The van der Waals surface area contributed by atoms with Crippen molar-refractivity contribution in [1.82, 2.24) is 0 Å². The van der Waals surface area contributed by atoms with Crippen LogP contribution in [0.15, 0.2) is 42.5 Å². The summed E-state index contributed by atoms with van der Waals surface area (Å²) in [6, 6.07) is 13.2. The van der Waals surface area contributed by atoms with E-state index in [1.807, 2.05) is 50.2 Å². The van der Waals surface area contributed by atoms with Crippen molar-refractivity contribution in [3.63, 3.8) is 0 Å². The highest BCUT2D eigenvalue weighted by Crippen LogP contribution is 2.23. The summed E-state index contributed by atoms with van der Waals surface area (Å²) < 4.78 is 11.4. The first-order valence-electron chi connectivity index (χ1n) is 8.86. The first-order chi connectivity index (χ1) is 12.2. The van der Waals surface area contributed by atoms with Crippen LogP contribution in [0.5, 0.6) is 5.75 Å². The van der Waals surface area contributed by atoms with Crippen LogP contribution in [0.1, 0.15) is 48.2 Å². The molecule has 0 saturated carbocycles. The Kier molecular flexibility index (Phi) is 7.48. The van der Waals surface area contributed by atoms with Gasteiger partial charge in [0.15, 0.2) is 0 Å². The molecule has 0 heterocycles. The topological polar surface area (TPSA) is 47.6 Å². The van der Waals surface area contributed by atoms with Crippen molar-refractivity contribution in [2.24, 2.45) is 0 Å². The fourth-order valence-corrected chi connectivity index (χ4v) is 2.47. The van der Waals surface area contributed by atoms with Crippen LogP contribution in [0.3, 0.4) is 0 Å². The number of amides is 1. The van der Waals surface area contributed by atoms with E-state index in [1.54, 1.807) is 6.07 Å². The van der Waals surface area contributed by atoms with E-state index in [-0.39, 0.29) is 5.91 Å². The average Bonchev–Trinajstić information content (AvgIpc) is 2.62. The summed E-state index contributed by atoms with van der Waals surface area (Å²) in [4.78, 5) is 12.6. The molecule has 0 unspecified atom stereocenters. The second-order valence-corrected chi connectivity index (χ2v) is 5.93. The first-order valence-corrected chi connectivity index (χ1v) is 8.86. The van der Waals surface area contributed by atoms with Gasteiger partial charge in [-0.2, -0.15) is 0 Å². The van der Waals surface area contributed by atoms with E-state index >= 15 is 0 Å². The third-order valence-corrected chi connectivity index (χ3v) is 3.92. The van der Waals surface area contributed by atoms with Crippen LogP contribution < -0.4 is 10.1 Å². The van der Waals surface area contributed by atoms with Crippen LogP contribution >= 0.6 is 0 Å². The van der Waals surface area contributed by atoms with E-state index in [0.29, 0.717) is 25.4 Å². The third-order valence-electron chi connectivity index (χ3n) is 3.92. The molecular formula is C21H27NO3. The molecule has 0 spiro atoms. The molecular weight excluding hydrogens is 314 g/mol. The van der Waals surface area contributed by atoms with Crippen LogP contribution in [-0.2, 0) is 11.3 Å². The van der Waals surface area contributed by atoms with Crippen LogP contribution in [0.25, 0.3) is 0 Å². The van der Waals surface area contributed by atoms with Gasteiger partial charge >= 0.3 is 0 Å². The molecule has 0 aromatic heterocycles. The van der Waals surface area contributed by atoms with E-state index in [1.165, 1.54) is 0 Å². The van der Waals surface area contributed by atoms with E-state index in [4.69, 9.17) is 9.47 Å². The van der Waals surface area contributed by atoms with Gasteiger partial charge in [0.05, 0.1) is 13.2 Å². The number of ether oxygens (including phenoxy) is 2. The van der Waals surface area contributed by atoms with Gasteiger partial charge in [-0.25, -0.2) is 0 Å². The largest absolute Gasteiger partial charge is 0.494 e. The number of anilines is 1. The maximum atomic E-state index is 12.6. The summed E-state index contributed by atoms with van der Waals surface area (Å²) in [7, 11) is 0. The lowest BCUT2D eigenvalue weighted by Gasteiger charge is -2.13. The molecule has 0 saturated heterocycles. The summed E-state index contributed by atoms with van der Waals surface area (Å²) in [5, 5.41) is 2.96. The first kappa shape index (κ1) is 19.0. The molecule has 2 rings (SSSR count). The van der Waals surface area contributed by atoms with Gasteiger partial charge < -0.3 is 14.8 Å². The molecule has 0 atom stereocenters. The normalized spacial score (nSPS) is 10.5. The van der Waals surface area contributed by atoms with Crippen LogP contribution in [0.2, 0.25) is 0 Å². The molecule has 0 aliphatic heterocycles. The zero-order valence-electron chi connectivity index (χ0n) is 15.3. The molecule has 1 N–H and O–H groups in total. The van der Waals surface area contributed by atoms with Gasteiger partial charge in [-0.3, -0.25) is 4.79 Å². The number of carbonyl (C=O) groups excluding carboxylic acids is 1. The smallest absolute Gasteiger partial charge is 0.255 e. The number of hydrogen-bond donors (Lipinski definition) is 1. The van der Waals surface area contributed by atoms with Gasteiger partial charge in [0.25, 0.3) is 5.91 Å². The van der Waals surface area contributed by atoms with Gasteiger partial charge in [-0.1, -0.05) is 31.5 Å². The standard InChI is InChI=1S/C21H27NO3/c1-4-6-13-24-15-18-14-17(11-12-20(18)25-5-2)21(23)22-19-10-8-7-9-16(19)3/h7-12,14H,4-6,13,15H2,1-3H3,(H,22,23). The fraction of sp³-hybridized carbons (Fsp3) is 0.381. The average molecular weight is 341 g/mol. The minimum absolute atomic E-state index is 0.132. The molecule has 1 amide bonds. The Morgan fingerprint density at radius 1 is 1.12 bits per heavy atom. The number of aryl methyl sites for hydroxylation is 1.